The first-order valence-corrected chi connectivity index (χ1v) is 11.5. The Bertz CT molecular complexity index is 1120. The van der Waals surface area contributed by atoms with Crippen LogP contribution in [-0.4, -0.2) is 51.4 Å². The lowest BCUT2D eigenvalue weighted by atomic mass is 9.96. The summed E-state index contributed by atoms with van der Waals surface area (Å²) >= 11 is 0. The number of hydrogen-bond acceptors (Lipinski definition) is 5. The van der Waals surface area contributed by atoms with Crippen LogP contribution in [0.1, 0.15) is 31.7 Å². The quantitative estimate of drug-likeness (QED) is 0.457. The number of amides is 1. The van der Waals surface area contributed by atoms with E-state index in [4.69, 9.17) is 14.2 Å². The van der Waals surface area contributed by atoms with Gasteiger partial charge in [0.15, 0.2) is 18.1 Å². The van der Waals surface area contributed by atoms with Crippen molar-refractivity contribution in [3.63, 3.8) is 0 Å². The van der Waals surface area contributed by atoms with Crippen LogP contribution in [0.5, 0.6) is 17.2 Å². The van der Waals surface area contributed by atoms with E-state index in [0.29, 0.717) is 29.7 Å². The van der Waals surface area contributed by atoms with Gasteiger partial charge >= 0.3 is 0 Å². The highest BCUT2D eigenvalue weighted by Gasteiger charge is 2.19. The number of hydrogen-bond donors (Lipinski definition) is 3. The Hall–Kier alpha value is -3.19. The average Bonchev–Trinajstić information content (AvgIpc) is 3.48. The van der Waals surface area contributed by atoms with Gasteiger partial charge in [0.25, 0.3) is 5.91 Å². The van der Waals surface area contributed by atoms with Crippen LogP contribution in [0.3, 0.4) is 0 Å². The number of rotatable bonds is 9. The number of carbonyl (C=O) groups is 1. The van der Waals surface area contributed by atoms with Gasteiger partial charge in [0.1, 0.15) is 5.75 Å². The van der Waals surface area contributed by atoms with Gasteiger partial charge in [0, 0.05) is 23.0 Å². The summed E-state index contributed by atoms with van der Waals surface area (Å²) in [5.74, 6) is 2.76. The van der Waals surface area contributed by atoms with Crippen LogP contribution in [0.2, 0.25) is 0 Å². The zero-order valence-electron chi connectivity index (χ0n) is 19.8. The van der Waals surface area contributed by atoms with E-state index in [0.717, 1.165) is 41.7 Å². The smallest absolute Gasteiger partial charge is 0.257 e. The van der Waals surface area contributed by atoms with E-state index in [2.05, 4.69) is 29.5 Å². The Labute approximate surface area is 194 Å². The fourth-order valence-electron chi connectivity index (χ4n) is 4.45. The van der Waals surface area contributed by atoms with Gasteiger partial charge < -0.3 is 29.8 Å². The molecule has 0 aliphatic carbocycles. The first kappa shape index (κ1) is 23.0. The maximum Gasteiger partial charge on any atom is 0.257 e. The van der Waals surface area contributed by atoms with Crippen molar-refractivity contribution in [1.29, 1.82) is 0 Å². The van der Waals surface area contributed by atoms with Gasteiger partial charge in [-0.05, 0) is 73.3 Å². The molecule has 1 aromatic heterocycles. The second kappa shape index (κ2) is 10.2. The van der Waals surface area contributed by atoms with Crippen LogP contribution in [0.15, 0.2) is 36.4 Å². The largest absolute Gasteiger partial charge is 0.493 e. The van der Waals surface area contributed by atoms with Crippen LogP contribution in [0, 0.1) is 5.92 Å². The van der Waals surface area contributed by atoms with E-state index in [1.54, 1.807) is 14.2 Å². The molecule has 1 atom stereocenters. The van der Waals surface area contributed by atoms with Crippen molar-refractivity contribution in [3.8, 4) is 28.5 Å². The van der Waals surface area contributed by atoms with Gasteiger partial charge in [-0.2, -0.15) is 0 Å². The number of methoxy groups -OCH3 is 2. The Morgan fingerprint density at radius 2 is 1.94 bits per heavy atom. The lowest BCUT2D eigenvalue weighted by Gasteiger charge is -2.12. The van der Waals surface area contributed by atoms with Gasteiger partial charge in [-0.3, -0.25) is 4.79 Å². The number of benzene rings is 2. The third-order valence-electron chi connectivity index (χ3n) is 6.18. The van der Waals surface area contributed by atoms with Crippen molar-refractivity contribution < 1.29 is 19.0 Å². The summed E-state index contributed by atoms with van der Waals surface area (Å²) in [5, 5.41) is 7.38. The standard InChI is InChI=1S/C26H33N3O4/c1-16(2)25-20-12-19(33-15-24(30)28-14-17-9-10-27-13-17)6-7-21(20)29-26(25)18-5-8-22(31-3)23(11-18)32-4/h5-8,11-12,16-17,27,29H,9-10,13-15H2,1-4H3,(H,28,30)/t17-/m0/s1. The normalized spacial score (nSPS) is 15.7. The first-order chi connectivity index (χ1) is 16.0. The van der Waals surface area contributed by atoms with Gasteiger partial charge in [0.05, 0.1) is 19.9 Å². The molecule has 3 aromatic rings. The summed E-state index contributed by atoms with van der Waals surface area (Å²) < 4.78 is 16.7. The van der Waals surface area contributed by atoms with E-state index >= 15 is 0 Å². The zero-order valence-corrected chi connectivity index (χ0v) is 19.8. The molecular formula is C26H33N3O4. The fourth-order valence-corrected chi connectivity index (χ4v) is 4.45. The van der Waals surface area contributed by atoms with Crippen molar-refractivity contribution in [2.24, 2.45) is 5.92 Å². The molecule has 1 fully saturated rings. The number of aromatic nitrogens is 1. The van der Waals surface area contributed by atoms with Crippen LogP contribution in [0.4, 0.5) is 0 Å². The van der Waals surface area contributed by atoms with Crippen molar-refractivity contribution in [1.82, 2.24) is 15.6 Å². The molecule has 0 bridgehead atoms. The summed E-state index contributed by atoms with van der Waals surface area (Å²) in [6, 6.07) is 11.8. The summed E-state index contributed by atoms with van der Waals surface area (Å²) in [4.78, 5) is 15.8. The highest BCUT2D eigenvalue weighted by Crippen LogP contribution is 2.39. The second-order valence-corrected chi connectivity index (χ2v) is 8.80. The van der Waals surface area contributed by atoms with E-state index in [1.807, 2.05) is 36.4 Å². The minimum Gasteiger partial charge on any atom is -0.493 e. The van der Waals surface area contributed by atoms with Crippen molar-refractivity contribution in [2.45, 2.75) is 26.2 Å². The summed E-state index contributed by atoms with van der Waals surface area (Å²) in [7, 11) is 3.27. The number of H-pyrrole nitrogens is 1. The molecule has 2 aromatic carbocycles. The summed E-state index contributed by atoms with van der Waals surface area (Å²) in [5.41, 5.74) is 4.28. The van der Waals surface area contributed by atoms with Crippen molar-refractivity contribution in [3.05, 3.63) is 42.0 Å². The maximum atomic E-state index is 12.2. The molecule has 0 saturated carbocycles. The molecule has 1 amide bonds. The Balaban J connectivity index is 1.55. The Morgan fingerprint density at radius 1 is 1.12 bits per heavy atom. The Kier molecular flexibility index (Phi) is 7.08. The predicted octanol–water partition coefficient (Wildman–Crippen LogP) is 4.08. The molecule has 3 N–H and O–H groups in total. The minimum atomic E-state index is -0.0915. The predicted molar refractivity (Wildman–Crippen MR) is 130 cm³/mol. The molecule has 7 nitrogen and oxygen atoms in total. The molecule has 1 saturated heterocycles. The number of fused-ring (bicyclic) bond motifs is 1. The molecular weight excluding hydrogens is 418 g/mol. The lowest BCUT2D eigenvalue weighted by Crippen LogP contribution is -2.33. The third-order valence-corrected chi connectivity index (χ3v) is 6.18. The lowest BCUT2D eigenvalue weighted by molar-refractivity contribution is -0.123. The second-order valence-electron chi connectivity index (χ2n) is 8.80. The third kappa shape index (κ3) is 5.09. The van der Waals surface area contributed by atoms with Crippen molar-refractivity contribution in [2.75, 3.05) is 40.5 Å². The highest BCUT2D eigenvalue weighted by atomic mass is 16.5. The van der Waals surface area contributed by atoms with Crippen molar-refractivity contribution >= 4 is 16.8 Å². The van der Waals surface area contributed by atoms with E-state index in [9.17, 15) is 4.79 Å². The molecule has 0 unspecified atom stereocenters. The van der Waals surface area contributed by atoms with Gasteiger partial charge in [-0.25, -0.2) is 0 Å². The fraction of sp³-hybridized carbons (Fsp3) is 0.423. The van der Waals surface area contributed by atoms with Crippen LogP contribution >= 0.6 is 0 Å². The van der Waals surface area contributed by atoms with Crippen LogP contribution < -0.4 is 24.8 Å². The van der Waals surface area contributed by atoms with E-state index in [1.165, 1.54) is 5.56 Å². The molecule has 1 aliphatic rings. The number of ether oxygens (including phenoxy) is 3. The van der Waals surface area contributed by atoms with Crippen LogP contribution in [0.25, 0.3) is 22.2 Å². The SMILES string of the molecule is COc1ccc(-c2[nH]c3ccc(OCC(=O)NC[C@H]4CCNC4)cc3c2C(C)C)cc1OC. The molecule has 33 heavy (non-hydrogen) atoms. The summed E-state index contributed by atoms with van der Waals surface area (Å²) in [6.45, 7) is 7.04. The van der Waals surface area contributed by atoms with Gasteiger partial charge in [-0.1, -0.05) is 13.8 Å². The van der Waals surface area contributed by atoms with Crippen LogP contribution in [-0.2, 0) is 4.79 Å². The molecule has 0 radical (unpaired) electrons. The maximum absolute atomic E-state index is 12.2. The molecule has 4 rings (SSSR count). The molecule has 2 heterocycles. The Morgan fingerprint density at radius 3 is 2.64 bits per heavy atom. The minimum absolute atomic E-state index is 0.00955. The van der Waals surface area contributed by atoms with Gasteiger partial charge in [-0.15, -0.1) is 0 Å². The van der Waals surface area contributed by atoms with E-state index < -0.39 is 0 Å². The van der Waals surface area contributed by atoms with E-state index in [-0.39, 0.29) is 18.4 Å². The monoisotopic (exact) mass is 451 g/mol. The number of aromatic amines is 1. The average molecular weight is 452 g/mol. The molecule has 176 valence electrons. The number of carbonyl (C=O) groups excluding carboxylic acids is 1. The molecule has 1 aliphatic heterocycles. The molecule has 7 heteroatoms. The zero-order chi connectivity index (χ0) is 23.4. The topological polar surface area (TPSA) is 84.6 Å². The highest BCUT2D eigenvalue weighted by molar-refractivity contribution is 5.92. The number of nitrogens with one attached hydrogen (secondary N) is 3. The summed E-state index contributed by atoms with van der Waals surface area (Å²) in [6.07, 6.45) is 1.10. The molecule has 0 spiro atoms. The first-order valence-electron chi connectivity index (χ1n) is 11.5. The van der Waals surface area contributed by atoms with Gasteiger partial charge in [0.2, 0.25) is 0 Å².